The number of halogens is 3. The van der Waals surface area contributed by atoms with E-state index in [2.05, 4.69) is 4.74 Å². The van der Waals surface area contributed by atoms with Gasteiger partial charge in [-0.2, -0.15) is 0 Å². The van der Waals surface area contributed by atoms with Crippen molar-refractivity contribution in [1.82, 2.24) is 0 Å². The first-order valence-corrected chi connectivity index (χ1v) is 3.38. The van der Waals surface area contributed by atoms with Gasteiger partial charge in [-0.15, -0.1) is 24.5 Å². The monoisotopic (exact) mass is 184 g/mol. The molecule has 0 saturated carbocycles. The SMILES string of the molecule is Oc1cc(OC(F)(F)F)cs1. The summed E-state index contributed by atoms with van der Waals surface area (Å²) in [6, 6.07) is 0.901. The predicted octanol–water partition coefficient (Wildman–Crippen LogP) is 2.35. The smallest absolute Gasteiger partial charge is 0.499 e. The van der Waals surface area contributed by atoms with Gasteiger partial charge in [0.2, 0.25) is 0 Å². The topological polar surface area (TPSA) is 29.5 Å². The van der Waals surface area contributed by atoms with Gasteiger partial charge in [0.05, 0.1) is 0 Å². The van der Waals surface area contributed by atoms with Gasteiger partial charge in [0.25, 0.3) is 0 Å². The molecule has 0 unspecified atom stereocenters. The lowest BCUT2D eigenvalue weighted by molar-refractivity contribution is -0.274. The Morgan fingerprint density at radius 1 is 1.45 bits per heavy atom. The van der Waals surface area contributed by atoms with E-state index in [0.29, 0.717) is 0 Å². The quantitative estimate of drug-likeness (QED) is 0.725. The summed E-state index contributed by atoms with van der Waals surface area (Å²) in [4.78, 5) is 0. The molecule has 0 radical (unpaired) electrons. The van der Waals surface area contributed by atoms with Crippen LogP contribution in [0.5, 0.6) is 10.8 Å². The molecule has 0 amide bonds. The van der Waals surface area contributed by atoms with Crippen LogP contribution in [0.3, 0.4) is 0 Å². The maximum absolute atomic E-state index is 11.5. The molecule has 1 aromatic rings. The second kappa shape index (κ2) is 2.61. The zero-order valence-electron chi connectivity index (χ0n) is 5.05. The Morgan fingerprint density at radius 2 is 2.09 bits per heavy atom. The van der Waals surface area contributed by atoms with Crippen LogP contribution < -0.4 is 4.74 Å². The average molecular weight is 184 g/mol. The van der Waals surface area contributed by atoms with E-state index in [-0.39, 0.29) is 10.8 Å². The van der Waals surface area contributed by atoms with Crippen LogP contribution in [-0.2, 0) is 0 Å². The lowest BCUT2D eigenvalue weighted by Gasteiger charge is -2.04. The maximum atomic E-state index is 11.5. The molecule has 2 nitrogen and oxygen atoms in total. The normalized spacial score (nSPS) is 11.5. The van der Waals surface area contributed by atoms with Gasteiger partial charge in [-0.05, 0) is 0 Å². The van der Waals surface area contributed by atoms with Crippen molar-refractivity contribution in [2.75, 3.05) is 0 Å². The molecule has 0 spiro atoms. The van der Waals surface area contributed by atoms with Crippen molar-refractivity contribution in [2.45, 2.75) is 6.36 Å². The van der Waals surface area contributed by atoms with Crippen molar-refractivity contribution in [1.29, 1.82) is 0 Å². The molecular weight excluding hydrogens is 181 g/mol. The number of hydrogen-bond acceptors (Lipinski definition) is 3. The summed E-state index contributed by atoms with van der Waals surface area (Å²) in [6.45, 7) is 0. The van der Waals surface area contributed by atoms with Gasteiger partial charge in [-0.25, -0.2) is 0 Å². The zero-order chi connectivity index (χ0) is 8.48. The first-order chi connectivity index (χ1) is 4.97. The van der Waals surface area contributed by atoms with E-state index in [1.807, 2.05) is 0 Å². The summed E-state index contributed by atoms with van der Waals surface area (Å²) in [5.74, 6) is -0.389. The summed E-state index contributed by atoms with van der Waals surface area (Å²) in [5.41, 5.74) is 0. The van der Waals surface area contributed by atoms with Gasteiger partial charge < -0.3 is 9.84 Å². The van der Waals surface area contributed by atoms with Crippen LogP contribution in [0.15, 0.2) is 11.4 Å². The van der Waals surface area contributed by atoms with Crippen LogP contribution in [-0.4, -0.2) is 11.5 Å². The second-order valence-corrected chi connectivity index (χ2v) is 2.56. The van der Waals surface area contributed by atoms with E-state index in [4.69, 9.17) is 5.11 Å². The van der Waals surface area contributed by atoms with E-state index < -0.39 is 6.36 Å². The minimum atomic E-state index is -4.69. The third-order valence-electron chi connectivity index (χ3n) is 0.795. The Balaban J connectivity index is 2.65. The first kappa shape index (κ1) is 8.19. The molecule has 6 heteroatoms. The van der Waals surface area contributed by atoms with E-state index in [1.165, 1.54) is 0 Å². The molecule has 1 aromatic heterocycles. The van der Waals surface area contributed by atoms with Crippen LogP contribution in [0.25, 0.3) is 0 Å². The van der Waals surface area contributed by atoms with Crippen molar-refractivity contribution >= 4 is 11.3 Å². The molecule has 0 saturated heterocycles. The molecule has 11 heavy (non-hydrogen) atoms. The third-order valence-corrected chi connectivity index (χ3v) is 1.50. The molecular formula is C5H3F3O2S. The van der Waals surface area contributed by atoms with Crippen molar-refractivity contribution < 1.29 is 23.0 Å². The molecule has 0 atom stereocenters. The van der Waals surface area contributed by atoms with Gasteiger partial charge in [0, 0.05) is 11.4 Å². The van der Waals surface area contributed by atoms with Gasteiger partial charge in [0.1, 0.15) is 5.75 Å². The van der Waals surface area contributed by atoms with E-state index in [0.717, 1.165) is 22.8 Å². The molecule has 0 aromatic carbocycles. The Bertz CT molecular complexity index is 242. The van der Waals surface area contributed by atoms with E-state index >= 15 is 0 Å². The van der Waals surface area contributed by atoms with Gasteiger partial charge in [0.15, 0.2) is 5.06 Å². The highest BCUT2D eigenvalue weighted by Gasteiger charge is 2.31. The summed E-state index contributed by atoms with van der Waals surface area (Å²) in [7, 11) is 0. The second-order valence-electron chi connectivity index (χ2n) is 1.67. The summed E-state index contributed by atoms with van der Waals surface area (Å²) >= 11 is 0.776. The van der Waals surface area contributed by atoms with Crippen molar-refractivity contribution in [2.24, 2.45) is 0 Å². The molecule has 0 aliphatic heterocycles. The number of hydrogen-bond donors (Lipinski definition) is 1. The van der Waals surface area contributed by atoms with Crippen LogP contribution in [0.2, 0.25) is 0 Å². The fraction of sp³-hybridized carbons (Fsp3) is 0.200. The van der Waals surface area contributed by atoms with Gasteiger partial charge >= 0.3 is 6.36 Å². The summed E-state index contributed by atoms with van der Waals surface area (Å²) in [5, 5.41) is 9.49. The van der Waals surface area contributed by atoms with Crippen LogP contribution in [0.4, 0.5) is 13.2 Å². The lowest BCUT2D eigenvalue weighted by atomic mass is 10.6. The van der Waals surface area contributed by atoms with E-state index in [9.17, 15) is 13.2 Å². The average Bonchev–Trinajstić information content (AvgIpc) is 2.10. The number of thiophene rings is 1. The lowest BCUT2D eigenvalue weighted by Crippen LogP contribution is -2.16. The predicted molar refractivity (Wildman–Crippen MR) is 32.7 cm³/mol. The number of aromatic hydroxyl groups is 1. The molecule has 0 fully saturated rings. The standard InChI is InChI=1S/C5H3F3O2S/c6-5(7,8)10-3-1-4(9)11-2-3/h1-2,9H. The number of ether oxygens (including phenoxy) is 1. The van der Waals surface area contributed by atoms with Crippen molar-refractivity contribution in [3.8, 4) is 10.8 Å². The van der Waals surface area contributed by atoms with Crippen LogP contribution in [0, 0.1) is 0 Å². The highest BCUT2D eigenvalue weighted by molar-refractivity contribution is 7.12. The van der Waals surface area contributed by atoms with Gasteiger partial charge in [-0.1, -0.05) is 0 Å². The molecule has 0 aliphatic rings. The third kappa shape index (κ3) is 2.67. The summed E-state index contributed by atoms with van der Waals surface area (Å²) < 4.78 is 37.8. The Hall–Kier alpha value is -0.910. The van der Waals surface area contributed by atoms with Gasteiger partial charge in [-0.3, -0.25) is 0 Å². The highest BCUT2D eigenvalue weighted by Crippen LogP contribution is 2.30. The van der Waals surface area contributed by atoms with Crippen molar-refractivity contribution in [3.63, 3.8) is 0 Å². The minimum Gasteiger partial charge on any atom is -0.499 e. The van der Waals surface area contributed by atoms with E-state index in [1.54, 1.807) is 0 Å². The molecule has 1 rings (SSSR count). The highest BCUT2D eigenvalue weighted by atomic mass is 32.1. The minimum absolute atomic E-state index is 0.204. The number of alkyl halides is 3. The molecule has 0 bridgehead atoms. The summed E-state index contributed by atoms with van der Waals surface area (Å²) in [6.07, 6.45) is -4.69. The molecule has 1 heterocycles. The molecule has 62 valence electrons. The number of rotatable bonds is 1. The Kier molecular flexibility index (Phi) is 1.95. The van der Waals surface area contributed by atoms with Crippen molar-refractivity contribution in [3.05, 3.63) is 11.4 Å². The van der Waals surface area contributed by atoms with Crippen LogP contribution in [0.1, 0.15) is 0 Å². The maximum Gasteiger partial charge on any atom is 0.573 e. The molecule has 1 N–H and O–H groups in total. The fourth-order valence-electron chi connectivity index (χ4n) is 0.495. The Labute approximate surface area is 63.8 Å². The van der Waals surface area contributed by atoms with Crippen LogP contribution >= 0.6 is 11.3 Å². The zero-order valence-corrected chi connectivity index (χ0v) is 5.87. The Morgan fingerprint density at radius 3 is 2.45 bits per heavy atom. The molecule has 0 aliphatic carbocycles. The fourth-order valence-corrected chi connectivity index (χ4v) is 1.03. The first-order valence-electron chi connectivity index (χ1n) is 2.50. The largest absolute Gasteiger partial charge is 0.573 e.